The van der Waals surface area contributed by atoms with Crippen molar-refractivity contribution in [1.29, 1.82) is 0 Å². The van der Waals surface area contributed by atoms with Crippen LogP contribution in [0.1, 0.15) is 18.1 Å². The van der Waals surface area contributed by atoms with Crippen molar-refractivity contribution in [2.45, 2.75) is 12.5 Å². The molecule has 1 aromatic rings. The molecule has 1 aromatic heterocycles. The van der Waals surface area contributed by atoms with E-state index in [1.807, 2.05) is 0 Å². The highest BCUT2D eigenvalue weighted by molar-refractivity contribution is 5.57. The Morgan fingerprint density at radius 2 is 2.57 bits per heavy atom. The Labute approximate surface area is 80.3 Å². The van der Waals surface area contributed by atoms with Crippen molar-refractivity contribution in [1.82, 2.24) is 4.98 Å². The predicted octanol–water partition coefficient (Wildman–Crippen LogP) is 1.60. The quantitative estimate of drug-likeness (QED) is 0.689. The molecule has 14 heavy (non-hydrogen) atoms. The first-order chi connectivity index (χ1) is 6.77. The van der Waals surface area contributed by atoms with Gasteiger partial charge in [0.2, 0.25) is 5.88 Å². The topological polar surface area (TPSA) is 68.7 Å². The van der Waals surface area contributed by atoms with E-state index in [-0.39, 0.29) is 0 Å². The number of hydrogen-bond donors (Lipinski definition) is 1. The van der Waals surface area contributed by atoms with E-state index in [0.29, 0.717) is 24.5 Å². The molecule has 2 rings (SSSR count). The first-order valence-electron chi connectivity index (χ1n) is 4.24. The number of carboxylic acid groups (broad SMARTS) is 1. The number of hydrogen-bond acceptors (Lipinski definition) is 4. The molecular weight excluding hydrogens is 186 g/mol. The van der Waals surface area contributed by atoms with E-state index in [1.165, 1.54) is 0 Å². The summed E-state index contributed by atoms with van der Waals surface area (Å²) in [4.78, 5) is 14.4. The number of carbonyl (C=O) groups is 1. The maximum Gasteiger partial charge on any atom is 0.506 e. The van der Waals surface area contributed by atoms with Crippen molar-refractivity contribution >= 4 is 6.16 Å². The molecule has 0 fully saturated rings. The van der Waals surface area contributed by atoms with Crippen LogP contribution < -0.4 is 4.74 Å². The van der Waals surface area contributed by atoms with Gasteiger partial charge in [-0.05, 0) is 12.1 Å². The van der Waals surface area contributed by atoms with Crippen LogP contribution in [-0.2, 0) is 4.74 Å². The summed E-state index contributed by atoms with van der Waals surface area (Å²) in [6, 6.07) is 3.49. The SMILES string of the molecule is O=C(O)OC1CCOc2ncccc21. The van der Waals surface area contributed by atoms with E-state index in [1.54, 1.807) is 18.3 Å². The van der Waals surface area contributed by atoms with Gasteiger partial charge >= 0.3 is 6.16 Å². The highest BCUT2D eigenvalue weighted by Gasteiger charge is 2.25. The molecule has 2 heterocycles. The van der Waals surface area contributed by atoms with Gasteiger partial charge in [0.1, 0.15) is 6.10 Å². The van der Waals surface area contributed by atoms with Gasteiger partial charge in [0.25, 0.3) is 0 Å². The van der Waals surface area contributed by atoms with Crippen molar-refractivity contribution < 1.29 is 19.4 Å². The van der Waals surface area contributed by atoms with Crippen LogP contribution in [0.5, 0.6) is 5.88 Å². The molecule has 1 N–H and O–H groups in total. The summed E-state index contributed by atoms with van der Waals surface area (Å²) in [6.45, 7) is 0.432. The molecule has 74 valence electrons. The average Bonchev–Trinajstić information content (AvgIpc) is 2.18. The maximum atomic E-state index is 10.4. The second kappa shape index (κ2) is 3.53. The summed E-state index contributed by atoms with van der Waals surface area (Å²) in [7, 11) is 0. The standard InChI is InChI=1S/C9H9NO4/c11-9(12)14-7-3-5-13-8-6(7)2-1-4-10-8/h1-2,4,7H,3,5H2,(H,11,12). The van der Waals surface area contributed by atoms with Crippen LogP contribution >= 0.6 is 0 Å². The summed E-state index contributed by atoms with van der Waals surface area (Å²) < 4.78 is 9.97. The Morgan fingerprint density at radius 1 is 1.71 bits per heavy atom. The van der Waals surface area contributed by atoms with Gasteiger partial charge in [0, 0.05) is 12.6 Å². The van der Waals surface area contributed by atoms with Crippen molar-refractivity contribution in [3.63, 3.8) is 0 Å². The van der Waals surface area contributed by atoms with E-state index in [4.69, 9.17) is 14.6 Å². The smallest absolute Gasteiger partial charge is 0.477 e. The Bertz CT molecular complexity index is 352. The number of pyridine rings is 1. The Hall–Kier alpha value is -1.78. The maximum absolute atomic E-state index is 10.4. The second-order valence-electron chi connectivity index (χ2n) is 2.91. The number of nitrogens with zero attached hydrogens (tertiary/aromatic N) is 1. The monoisotopic (exact) mass is 195 g/mol. The molecule has 1 unspecified atom stereocenters. The fourth-order valence-electron chi connectivity index (χ4n) is 1.43. The van der Waals surface area contributed by atoms with Crippen molar-refractivity contribution in [3.05, 3.63) is 23.9 Å². The van der Waals surface area contributed by atoms with Crippen molar-refractivity contribution in [2.75, 3.05) is 6.61 Å². The highest BCUT2D eigenvalue weighted by Crippen LogP contribution is 2.32. The Kier molecular flexibility index (Phi) is 2.22. The molecule has 0 saturated carbocycles. The Balaban J connectivity index is 2.26. The largest absolute Gasteiger partial charge is 0.506 e. The summed E-state index contributed by atoms with van der Waals surface area (Å²) in [5, 5.41) is 8.51. The second-order valence-corrected chi connectivity index (χ2v) is 2.91. The minimum Gasteiger partial charge on any atom is -0.477 e. The number of ether oxygens (including phenoxy) is 2. The molecule has 0 bridgehead atoms. The summed E-state index contributed by atoms with van der Waals surface area (Å²) in [6.07, 6.45) is 0.407. The minimum atomic E-state index is -1.27. The fraction of sp³-hybridized carbons (Fsp3) is 0.333. The molecule has 0 aromatic carbocycles. The van der Waals surface area contributed by atoms with Gasteiger partial charge in [-0.3, -0.25) is 0 Å². The first kappa shape index (κ1) is 8.80. The molecule has 1 aliphatic rings. The lowest BCUT2D eigenvalue weighted by molar-refractivity contribution is 0.0316. The summed E-state index contributed by atoms with van der Waals surface area (Å²) >= 11 is 0. The van der Waals surface area contributed by atoms with Crippen LogP contribution in [0, 0.1) is 0 Å². The minimum absolute atomic E-state index is 0.432. The summed E-state index contributed by atoms with van der Waals surface area (Å²) in [5.41, 5.74) is 0.696. The summed E-state index contributed by atoms with van der Waals surface area (Å²) in [5.74, 6) is 0.463. The molecule has 1 atom stereocenters. The van der Waals surface area contributed by atoms with Crippen LogP contribution in [0.2, 0.25) is 0 Å². The molecule has 1 aliphatic heterocycles. The molecule has 5 nitrogen and oxygen atoms in total. The number of aromatic nitrogens is 1. The lowest BCUT2D eigenvalue weighted by Gasteiger charge is -2.23. The van der Waals surface area contributed by atoms with Crippen molar-refractivity contribution in [3.8, 4) is 5.88 Å². The molecule has 0 spiro atoms. The fourth-order valence-corrected chi connectivity index (χ4v) is 1.43. The van der Waals surface area contributed by atoms with Gasteiger partial charge in [-0.2, -0.15) is 0 Å². The molecular formula is C9H9NO4. The zero-order valence-electron chi connectivity index (χ0n) is 7.34. The molecule has 0 saturated heterocycles. The van der Waals surface area contributed by atoms with Gasteiger partial charge in [0.05, 0.1) is 12.2 Å². The van der Waals surface area contributed by atoms with Crippen LogP contribution in [0.25, 0.3) is 0 Å². The van der Waals surface area contributed by atoms with E-state index in [2.05, 4.69) is 4.98 Å². The number of fused-ring (bicyclic) bond motifs is 1. The van der Waals surface area contributed by atoms with E-state index in [9.17, 15) is 4.79 Å². The normalized spacial score (nSPS) is 19.3. The molecule has 5 heteroatoms. The van der Waals surface area contributed by atoms with E-state index in [0.717, 1.165) is 0 Å². The zero-order valence-corrected chi connectivity index (χ0v) is 7.34. The van der Waals surface area contributed by atoms with E-state index < -0.39 is 12.3 Å². The predicted molar refractivity (Wildman–Crippen MR) is 46.2 cm³/mol. The number of rotatable bonds is 1. The van der Waals surface area contributed by atoms with Gasteiger partial charge in [-0.1, -0.05) is 0 Å². The van der Waals surface area contributed by atoms with Crippen LogP contribution in [0.3, 0.4) is 0 Å². The van der Waals surface area contributed by atoms with Gasteiger partial charge in [-0.25, -0.2) is 9.78 Å². The zero-order chi connectivity index (χ0) is 9.97. The molecule has 0 amide bonds. The third-order valence-electron chi connectivity index (χ3n) is 2.01. The lowest BCUT2D eigenvalue weighted by atomic mass is 10.1. The third-order valence-corrected chi connectivity index (χ3v) is 2.01. The van der Waals surface area contributed by atoms with Crippen LogP contribution in [0.15, 0.2) is 18.3 Å². The Morgan fingerprint density at radius 3 is 3.36 bits per heavy atom. The average molecular weight is 195 g/mol. The van der Waals surface area contributed by atoms with Gasteiger partial charge in [0.15, 0.2) is 0 Å². The molecule has 0 aliphatic carbocycles. The van der Waals surface area contributed by atoms with Crippen molar-refractivity contribution in [2.24, 2.45) is 0 Å². The third kappa shape index (κ3) is 1.61. The van der Waals surface area contributed by atoms with Gasteiger partial charge in [-0.15, -0.1) is 0 Å². The van der Waals surface area contributed by atoms with Crippen LogP contribution in [-0.4, -0.2) is 22.9 Å². The van der Waals surface area contributed by atoms with E-state index >= 15 is 0 Å². The first-order valence-corrected chi connectivity index (χ1v) is 4.24. The van der Waals surface area contributed by atoms with Gasteiger partial charge < -0.3 is 14.6 Å². The highest BCUT2D eigenvalue weighted by atomic mass is 16.7. The lowest BCUT2D eigenvalue weighted by Crippen LogP contribution is -2.19. The molecule has 0 radical (unpaired) electrons. The van der Waals surface area contributed by atoms with Crippen LogP contribution in [0.4, 0.5) is 4.79 Å².